The smallest absolute Gasteiger partial charge is 0.219 e. The molecule has 2 rings (SSSR count). The summed E-state index contributed by atoms with van der Waals surface area (Å²) in [7, 11) is -3.38. The predicted molar refractivity (Wildman–Crippen MR) is 106 cm³/mol. The molecule has 1 saturated heterocycles. The van der Waals surface area contributed by atoms with Crippen molar-refractivity contribution in [3.63, 3.8) is 0 Å². The van der Waals surface area contributed by atoms with Gasteiger partial charge in [-0.3, -0.25) is 4.79 Å². The standard InChI is InChI=1S/C21H31NO3S/c1-5-20(14-16(2)3)26(24,25)21-8-6-18(7-9-21)15-19-10-12-22(13-11-19)17(4)23/h5-9,16,19-20H,1,10-15H2,2-4H3. The maximum atomic E-state index is 12.8. The van der Waals surface area contributed by atoms with Crippen molar-refractivity contribution >= 4 is 15.7 Å². The van der Waals surface area contributed by atoms with Crippen LogP contribution in [0.2, 0.25) is 0 Å². The lowest BCUT2D eigenvalue weighted by molar-refractivity contribution is -0.130. The first-order chi connectivity index (χ1) is 12.2. The summed E-state index contributed by atoms with van der Waals surface area (Å²) in [5, 5.41) is -0.538. The Morgan fingerprint density at radius 2 is 1.81 bits per heavy atom. The van der Waals surface area contributed by atoms with Gasteiger partial charge in [-0.1, -0.05) is 32.1 Å². The lowest BCUT2D eigenvalue weighted by Crippen LogP contribution is -2.37. The van der Waals surface area contributed by atoms with Crippen LogP contribution < -0.4 is 0 Å². The number of benzene rings is 1. The normalized spacial score (nSPS) is 17.3. The number of sulfone groups is 1. The number of rotatable bonds is 7. The Kier molecular flexibility index (Phi) is 7.04. The molecule has 1 unspecified atom stereocenters. The minimum Gasteiger partial charge on any atom is -0.343 e. The Bertz CT molecular complexity index is 714. The summed E-state index contributed by atoms with van der Waals surface area (Å²) >= 11 is 0. The number of carbonyl (C=O) groups excluding carboxylic acids is 1. The Labute approximate surface area is 158 Å². The quantitative estimate of drug-likeness (QED) is 0.678. The van der Waals surface area contributed by atoms with Crippen molar-refractivity contribution < 1.29 is 13.2 Å². The fourth-order valence-electron chi connectivity index (χ4n) is 3.59. The molecule has 0 N–H and O–H groups in total. The summed E-state index contributed by atoms with van der Waals surface area (Å²) in [5.41, 5.74) is 1.16. The van der Waals surface area contributed by atoms with E-state index in [1.54, 1.807) is 25.1 Å². The first kappa shape index (κ1) is 20.7. The molecular weight excluding hydrogens is 346 g/mol. The monoisotopic (exact) mass is 377 g/mol. The molecular formula is C21H31NO3S. The number of likely N-dealkylation sites (tertiary alicyclic amines) is 1. The van der Waals surface area contributed by atoms with Crippen LogP contribution in [0.25, 0.3) is 0 Å². The van der Waals surface area contributed by atoms with Crippen LogP contribution in [0, 0.1) is 11.8 Å². The molecule has 5 heteroatoms. The van der Waals surface area contributed by atoms with E-state index in [0.717, 1.165) is 37.9 Å². The molecule has 1 aromatic carbocycles. The molecule has 26 heavy (non-hydrogen) atoms. The van der Waals surface area contributed by atoms with Crippen LogP contribution in [0.5, 0.6) is 0 Å². The van der Waals surface area contributed by atoms with Crippen LogP contribution in [-0.4, -0.2) is 37.6 Å². The summed E-state index contributed by atoms with van der Waals surface area (Å²) in [4.78, 5) is 13.7. The van der Waals surface area contributed by atoms with Crippen LogP contribution in [0.1, 0.15) is 45.6 Å². The fraction of sp³-hybridized carbons (Fsp3) is 0.571. The number of piperidine rings is 1. The van der Waals surface area contributed by atoms with E-state index < -0.39 is 15.1 Å². The third kappa shape index (κ3) is 5.19. The van der Waals surface area contributed by atoms with Crippen LogP contribution in [0.3, 0.4) is 0 Å². The second-order valence-corrected chi connectivity index (χ2v) is 9.91. The highest BCUT2D eigenvalue weighted by Crippen LogP contribution is 2.25. The minimum absolute atomic E-state index is 0.149. The Morgan fingerprint density at radius 1 is 1.23 bits per heavy atom. The first-order valence-corrected chi connectivity index (χ1v) is 11.0. The minimum atomic E-state index is -3.38. The molecule has 1 heterocycles. The molecule has 144 valence electrons. The van der Waals surface area contributed by atoms with Crippen molar-refractivity contribution in [1.29, 1.82) is 0 Å². The Hall–Kier alpha value is -1.62. The highest BCUT2D eigenvalue weighted by molar-refractivity contribution is 7.92. The van der Waals surface area contributed by atoms with E-state index in [-0.39, 0.29) is 5.91 Å². The highest BCUT2D eigenvalue weighted by Gasteiger charge is 2.26. The molecule has 0 aliphatic carbocycles. The highest BCUT2D eigenvalue weighted by atomic mass is 32.2. The van der Waals surface area contributed by atoms with Crippen LogP contribution >= 0.6 is 0 Å². The molecule has 0 bridgehead atoms. The van der Waals surface area contributed by atoms with Gasteiger partial charge in [0.25, 0.3) is 0 Å². The van der Waals surface area contributed by atoms with Crippen LogP contribution in [0.4, 0.5) is 0 Å². The van der Waals surface area contributed by atoms with Crippen molar-refractivity contribution in [3.8, 4) is 0 Å². The van der Waals surface area contributed by atoms with Gasteiger partial charge in [0, 0.05) is 20.0 Å². The SMILES string of the molecule is C=CC(CC(C)C)S(=O)(=O)c1ccc(CC2CCN(C(C)=O)CC2)cc1. The van der Waals surface area contributed by atoms with Crippen molar-refractivity contribution in [2.24, 2.45) is 11.8 Å². The van der Waals surface area contributed by atoms with E-state index in [4.69, 9.17) is 0 Å². The van der Waals surface area contributed by atoms with E-state index in [0.29, 0.717) is 23.2 Å². The van der Waals surface area contributed by atoms with E-state index in [1.165, 1.54) is 0 Å². The molecule has 1 aliphatic rings. The van der Waals surface area contributed by atoms with E-state index in [9.17, 15) is 13.2 Å². The second kappa shape index (κ2) is 8.85. The summed E-state index contributed by atoms with van der Waals surface area (Å²) in [6, 6.07) is 7.32. The average molecular weight is 378 g/mol. The van der Waals surface area contributed by atoms with Crippen LogP contribution in [0.15, 0.2) is 41.8 Å². The number of hydrogen-bond acceptors (Lipinski definition) is 3. The molecule has 1 fully saturated rings. The number of hydrogen-bond donors (Lipinski definition) is 0. The molecule has 4 nitrogen and oxygen atoms in total. The first-order valence-electron chi connectivity index (χ1n) is 9.45. The largest absolute Gasteiger partial charge is 0.343 e. The molecule has 1 aliphatic heterocycles. The zero-order valence-corrected chi connectivity index (χ0v) is 17.0. The van der Waals surface area contributed by atoms with Gasteiger partial charge in [-0.05, 0) is 55.2 Å². The van der Waals surface area contributed by atoms with E-state index in [1.807, 2.05) is 30.9 Å². The Morgan fingerprint density at radius 3 is 2.27 bits per heavy atom. The molecule has 0 spiro atoms. The zero-order chi connectivity index (χ0) is 19.3. The van der Waals surface area contributed by atoms with E-state index >= 15 is 0 Å². The van der Waals surface area contributed by atoms with Gasteiger partial charge < -0.3 is 4.90 Å². The summed E-state index contributed by atoms with van der Waals surface area (Å²) < 4.78 is 25.6. The van der Waals surface area contributed by atoms with Gasteiger partial charge in [0.05, 0.1) is 10.1 Å². The fourth-order valence-corrected chi connectivity index (χ4v) is 5.35. The molecule has 1 atom stereocenters. The number of carbonyl (C=O) groups is 1. The number of amides is 1. The van der Waals surface area contributed by atoms with Crippen molar-refractivity contribution in [2.75, 3.05) is 13.1 Å². The lowest BCUT2D eigenvalue weighted by atomic mass is 9.90. The topological polar surface area (TPSA) is 54.5 Å². The maximum absolute atomic E-state index is 12.8. The number of nitrogens with zero attached hydrogens (tertiary/aromatic N) is 1. The maximum Gasteiger partial charge on any atom is 0.219 e. The summed E-state index contributed by atoms with van der Waals surface area (Å²) in [6.45, 7) is 11.0. The van der Waals surface area contributed by atoms with Crippen LogP contribution in [-0.2, 0) is 21.1 Å². The summed E-state index contributed by atoms with van der Waals surface area (Å²) in [5.74, 6) is 0.999. The summed E-state index contributed by atoms with van der Waals surface area (Å²) in [6.07, 6.45) is 5.08. The predicted octanol–water partition coefficient (Wildman–Crippen LogP) is 3.86. The average Bonchev–Trinajstić information content (AvgIpc) is 2.60. The zero-order valence-electron chi connectivity index (χ0n) is 16.1. The molecule has 1 aromatic rings. The van der Waals surface area contributed by atoms with Crippen molar-refractivity contribution in [3.05, 3.63) is 42.5 Å². The molecule has 0 aromatic heterocycles. The van der Waals surface area contributed by atoms with Crippen molar-refractivity contribution in [1.82, 2.24) is 4.90 Å². The van der Waals surface area contributed by atoms with Crippen molar-refractivity contribution in [2.45, 2.75) is 56.6 Å². The van der Waals surface area contributed by atoms with Gasteiger partial charge in [-0.2, -0.15) is 0 Å². The second-order valence-electron chi connectivity index (χ2n) is 7.75. The van der Waals surface area contributed by atoms with Gasteiger partial charge in [0.15, 0.2) is 9.84 Å². The van der Waals surface area contributed by atoms with Gasteiger partial charge in [0.2, 0.25) is 5.91 Å². The van der Waals surface area contributed by atoms with Gasteiger partial charge in [-0.25, -0.2) is 8.42 Å². The van der Waals surface area contributed by atoms with Gasteiger partial charge in [-0.15, -0.1) is 6.58 Å². The van der Waals surface area contributed by atoms with Gasteiger partial charge in [0.1, 0.15) is 0 Å². The molecule has 0 saturated carbocycles. The Balaban J connectivity index is 2.02. The lowest BCUT2D eigenvalue weighted by Gasteiger charge is -2.31. The molecule has 1 amide bonds. The molecule has 0 radical (unpaired) electrons. The van der Waals surface area contributed by atoms with Gasteiger partial charge >= 0.3 is 0 Å². The third-order valence-corrected chi connectivity index (χ3v) is 7.31. The third-order valence-electron chi connectivity index (χ3n) is 5.20. The van der Waals surface area contributed by atoms with E-state index in [2.05, 4.69) is 6.58 Å².